The number of aryl methyl sites for hydroxylation is 4. The van der Waals surface area contributed by atoms with Gasteiger partial charge < -0.3 is 4.98 Å². The van der Waals surface area contributed by atoms with Gasteiger partial charge in [-0.2, -0.15) is 0 Å². The van der Waals surface area contributed by atoms with E-state index in [4.69, 9.17) is 0 Å². The molecule has 2 aromatic carbocycles. The molecule has 0 saturated heterocycles. The number of rotatable bonds is 2. The fraction of sp³-hybridized carbons (Fsp3) is 0.250. The number of hydrogen-bond donors (Lipinski definition) is 1. The largest absolute Gasteiger partial charge is 0.362 e. The molecule has 0 saturated carbocycles. The summed E-state index contributed by atoms with van der Waals surface area (Å²) in [4.78, 5) is 3.58. The number of hydrogen-bond acceptors (Lipinski definition) is 0. The second kappa shape index (κ2) is 5.49. The zero-order chi connectivity index (χ0) is 17.8. The summed E-state index contributed by atoms with van der Waals surface area (Å²) in [6.45, 7) is 11.0. The standard InChI is InChI=1S/C24H25N/c1-15-6-10-19(11-7-15)21-14-24(5,20-12-8-16(2)9-13-20)23-18(4)25-17(3)22(21)23/h6-14,25H,1-5H3. The van der Waals surface area contributed by atoms with Crippen molar-refractivity contribution < 1.29 is 0 Å². The summed E-state index contributed by atoms with van der Waals surface area (Å²) in [7, 11) is 0. The Morgan fingerprint density at radius 1 is 0.720 bits per heavy atom. The zero-order valence-corrected chi connectivity index (χ0v) is 15.7. The molecular formula is C24H25N. The van der Waals surface area contributed by atoms with E-state index >= 15 is 0 Å². The summed E-state index contributed by atoms with van der Waals surface area (Å²) in [6.07, 6.45) is 2.46. The van der Waals surface area contributed by atoms with E-state index in [1.54, 1.807) is 0 Å². The van der Waals surface area contributed by atoms with Gasteiger partial charge in [-0.05, 0) is 56.9 Å². The van der Waals surface area contributed by atoms with Crippen LogP contribution < -0.4 is 0 Å². The lowest BCUT2D eigenvalue weighted by atomic mass is 9.78. The van der Waals surface area contributed by atoms with Gasteiger partial charge in [0.1, 0.15) is 0 Å². The van der Waals surface area contributed by atoms with Crippen LogP contribution in [0.4, 0.5) is 0 Å². The molecular weight excluding hydrogens is 302 g/mol. The lowest BCUT2D eigenvalue weighted by Gasteiger charge is -2.25. The molecule has 1 N–H and O–H groups in total. The zero-order valence-electron chi connectivity index (χ0n) is 15.7. The molecule has 0 bridgehead atoms. The van der Waals surface area contributed by atoms with Gasteiger partial charge in [-0.15, -0.1) is 0 Å². The summed E-state index contributed by atoms with van der Waals surface area (Å²) in [5.41, 5.74) is 11.8. The van der Waals surface area contributed by atoms with E-state index in [1.165, 1.54) is 50.3 Å². The summed E-state index contributed by atoms with van der Waals surface area (Å²) in [5, 5.41) is 0. The van der Waals surface area contributed by atoms with Crippen molar-refractivity contribution in [2.75, 3.05) is 0 Å². The van der Waals surface area contributed by atoms with E-state index in [9.17, 15) is 0 Å². The molecule has 1 aromatic heterocycles. The summed E-state index contributed by atoms with van der Waals surface area (Å²) < 4.78 is 0. The first kappa shape index (κ1) is 16.0. The number of nitrogens with one attached hydrogen (secondary N) is 1. The van der Waals surface area contributed by atoms with E-state index in [0.29, 0.717) is 0 Å². The molecule has 1 aliphatic rings. The quantitative estimate of drug-likeness (QED) is 0.594. The molecule has 0 radical (unpaired) electrons. The van der Waals surface area contributed by atoms with Crippen LogP contribution in [0.25, 0.3) is 5.57 Å². The molecule has 1 aliphatic carbocycles. The molecule has 126 valence electrons. The molecule has 0 aliphatic heterocycles. The maximum absolute atomic E-state index is 3.58. The van der Waals surface area contributed by atoms with Gasteiger partial charge in [-0.25, -0.2) is 0 Å². The minimum absolute atomic E-state index is 0.0991. The third kappa shape index (κ3) is 2.38. The van der Waals surface area contributed by atoms with Crippen molar-refractivity contribution in [3.05, 3.63) is 99.4 Å². The highest BCUT2D eigenvalue weighted by molar-refractivity contribution is 5.90. The maximum Gasteiger partial charge on any atom is 0.0386 e. The van der Waals surface area contributed by atoms with Gasteiger partial charge in [-0.3, -0.25) is 0 Å². The average Bonchev–Trinajstić information content (AvgIpc) is 3.06. The van der Waals surface area contributed by atoms with Gasteiger partial charge in [0.2, 0.25) is 0 Å². The lowest BCUT2D eigenvalue weighted by Crippen LogP contribution is -2.19. The summed E-state index contributed by atoms with van der Waals surface area (Å²) in [5.74, 6) is 0. The second-order valence-corrected chi connectivity index (χ2v) is 7.62. The summed E-state index contributed by atoms with van der Waals surface area (Å²) in [6, 6.07) is 17.9. The second-order valence-electron chi connectivity index (χ2n) is 7.62. The van der Waals surface area contributed by atoms with Gasteiger partial charge in [0.25, 0.3) is 0 Å². The predicted molar refractivity (Wildman–Crippen MR) is 106 cm³/mol. The highest BCUT2D eigenvalue weighted by atomic mass is 14.7. The topological polar surface area (TPSA) is 15.8 Å². The van der Waals surface area contributed by atoms with Crippen molar-refractivity contribution in [3.8, 4) is 0 Å². The summed E-state index contributed by atoms with van der Waals surface area (Å²) >= 11 is 0. The van der Waals surface area contributed by atoms with Crippen LogP contribution >= 0.6 is 0 Å². The smallest absolute Gasteiger partial charge is 0.0386 e. The first-order chi connectivity index (χ1) is 11.9. The van der Waals surface area contributed by atoms with Gasteiger partial charge in [0.15, 0.2) is 0 Å². The van der Waals surface area contributed by atoms with Crippen molar-refractivity contribution >= 4 is 5.57 Å². The number of fused-ring (bicyclic) bond motifs is 1. The van der Waals surface area contributed by atoms with E-state index < -0.39 is 0 Å². The van der Waals surface area contributed by atoms with Crippen molar-refractivity contribution in [1.29, 1.82) is 0 Å². The molecule has 1 unspecified atom stereocenters. The van der Waals surface area contributed by atoms with Crippen molar-refractivity contribution in [2.45, 2.75) is 40.0 Å². The third-order valence-corrected chi connectivity index (χ3v) is 5.61. The van der Waals surface area contributed by atoms with Gasteiger partial charge in [-0.1, -0.05) is 65.7 Å². The molecule has 0 spiro atoms. The van der Waals surface area contributed by atoms with Crippen LogP contribution in [0.5, 0.6) is 0 Å². The number of H-pyrrole nitrogens is 1. The first-order valence-electron chi connectivity index (χ1n) is 8.97. The van der Waals surface area contributed by atoms with Crippen LogP contribution in [-0.2, 0) is 5.41 Å². The molecule has 0 amide bonds. The third-order valence-electron chi connectivity index (χ3n) is 5.61. The Kier molecular flexibility index (Phi) is 3.50. The Morgan fingerprint density at radius 3 is 1.88 bits per heavy atom. The molecule has 4 rings (SSSR count). The monoisotopic (exact) mass is 327 g/mol. The molecule has 1 atom stereocenters. The number of allylic oxidation sites excluding steroid dienone is 1. The normalized spacial score (nSPS) is 19.0. The number of aromatic nitrogens is 1. The van der Waals surface area contributed by atoms with Gasteiger partial charge in [0, 0.05) is 22.4 Å². The van der Waals surface area contributed by atoms with Crippen LogP contribution in [0.3, 0.4) is 0 Å². The Hall–Kier alpha value is -2.54. The van der Waals surface area contributed by atoms with Crippen molar-refractivity contribution in [3.63, 3.8) is 0 Å². The number of aromatic amines is 1. The van der Waals surface area contributed by atoms with Crippen LogP contribution in [0.2, 0.25) is 0 Å². The van der Waals surface area contributed by atoms with Gasteiger partial charge in [0.05, 0.1) is 0 Å². The molecule has 25 heavy (non-hydrogen) atoms. The Balaban J connectivity index is 1.97. The van der Waals surface area contributed by atoms with Crippen LogP contribution in [-0.4, -0.2) is 4.98 Å². The molecule has 0 fully saturated rings. The van der Waals surface area contributed by atoms with Crippen LogP contribution in [0.15, 0.2) is 54.6 Å². The Labute approximate surface area is 150 Å². The highest BCUT2D eigenvalue weighted by Crippen LogP contribution is 2.49. The van der Waals surface area contributed by atoms with Crippen molar-refractivity contribution in [2.24, 2.45) is 0 Å². The lowest BCUT2D eigenvalue weighted by molar-refractivity contribution is 0.731. The molecule has 1 heteroatoms. The fourth-order valence-electron chi connectivity index (χ4n) is 4.29. The van der Waals surface area contributed by atoms with Crippen LogP contribution in [0.1, 0.15) is 51.7 Å². The van der Waals surface area contributed by atoms with E-state index in [2.05, 4.69) is 94.2 Å². The highest BCUT2D eigenvalue weighted by Gasteiger charge is 2.39. The van der Waals surface area contributed by atoms with E-state index in [-0.39, 0.29) is 5.41 Å². The van der Waals surface area contributed by atoms with Crippen LogP contribution in [0, 0.1) is 27.7 Å². The van der Waals surface area contributed by atoms with E-state index in [1.807, 2.05) is 0 Å². The van der Waals surface area contributed by atoms with E-state index in [0.717, 1.165) is 0 Å². The average molecular weight is 327 g/mol. The Bertz CT molecular complexity index is 968. The van der Waals surface area contributed by atoms with Crippen molar-refractivity contribution in [1.82, 2.24) is 4.98 Å². The molecule has 3 aromatic rings. The predicted octanol–water partition coefficient (Wildman–Crippen LogP) is 6.00. The maximum atomic E-state index is 3.58. The SMILES string of the molecule is Cc1ccc(C2=CC(C)(c3ccc(C)cc3)c3c(C)[nH]c(C)c32)cc1. The Morgan fingerprint density at radius 2 is 1.28 bits per heavy atom. The molecule has 1 heterocycles. The fourth-order valence-corrected chi connectivity index (χ4v) is 4.29. The number of benzene rings is 2. The first-order valence-corrected chi connectivity index (χ1v) is 8.97. The van der Waals surface area contributed by atoms with Gasteiger partial charge >= 0.3 is 0 Å². The molecule has 1 nitrogen and oxygen atoms in total. The minimum atomic E-state index is -0.0991. The minimum Gasteiger partial charge on any atom is -0.362 e.